The SMILES string of the molecule is CC1CN(CC(=O)c2cc(F)ccc2O)CC(C)S1. The third-order valence-corrected chi connectivity index (χ3v) is 4.35. The van der Waals surface area contributed by atoms with Crippen molar-refractivity contribution in [1.82, 2.24) is 4.90 Å². The molecule has 1 saturated heterocycles. The van der Waals surface area contributed by atoms with Crippen LogP contribution in [0, 0.1) is 5.82 Å². The van der Waals surface area contributed by atoms with Gasteiger partial charge in [-0.25, -0.2) is 4.39 Å². The number of phenolic OH excluding ortho intramolecular Hbond substituents is 1. The molecule has 3 nitrogen and oxygen atoms in total. The largest absolute Gasteiger partial charge is 0.507 e. The first-order valence-corrected chi connectivity index (χ1v) is 7.29. The first-order valence-electron chi connectivity index (χ1n) is 6.35. The van der Waals surface area contributed by atoms with Gasteiger partial charge in [0.1, 0.15) is 11.6 Å². The molecule has 2 rings (SSSR count). The number of phenols is 1. The van der Waals surface area contributed by atoms with Crippen molar-refractivity contribution in [3.8, 4) is 5.75 Å². The lowest BCUT2D eigenvalue weighted by atomic mass is 10.1. The van der Waals surface area contributed by atoms with Crippen LogP contribution in [0.15, 0.2) is 18.2 Å². The molecule has 104 valence electrons. The lowest BCUT2D eigenvalue weighted by molar-refractivity contribution is 0.0926. The van der Waals surface area contributed by atoms with E-state index < -0.39 is 5.82 Å². The van der Waals surface area contributed by atoms with E-state index >= 15 is 0 Å². The van der Waals surface area contributed by atoms with Crippen LogP contribution in [0.4, 0.5) is 4.39 Å². The zero-order valence-electron chi connectivity index (χ0n) is 11.1. The molecule has 2 unspecified atom stereocenters. The number of rotatable bonds is 3. The van der Waals surface area contributed by atoms with E-state index in [0.29, 0.717) is 10.5 Å². The number of ketones is 1. The molecular formula is C14H18FNO2S. The highest BCUT2D eigenvalue weighted by Gasteiger charge is 2.24. The highest BCUT2D eigenvalue weighted by Crippen LogP contribution is 2.25. The summed E-state index contributed by atoms with van der Waals surface area (Å²) in [5.74, 6) is -0.890. The van der Waals surface area contributed by atoms with Crippen molar-refractivity contribution in [2.24, 2.45) is 0 Å². The van der Waals surface area contributed by atoms with Gasteiger partial charge >= 0.3 is 0 Å². The third kappa shape index (κ3) is 3.70. The molecule has 1 N–H and O–H groups in total. The molecule has 1 aromatic carbocycles. The standard InChI is InChI=1S/C14H18FNO2S/c1-9-6-16(7-10(2)19-9)8-14(18)12-5-11(15)3-4-13(12)17/h3-5,9-10,17H,6-8H2,1-2H3. The van der Waals surface area contributed by atoms with Crippen molar-refractivity contribution < 1.29 is 14.3 Å². The summed E-state index contributed by atoms with van der Waals surface area (Å²) in [5, 5.41) is 10.6. The van der Waals surface area contributed by atoms with Crippen LogP contribution in [0.5, 0.6) is 5.75 Å². The summed E-state index contributed by atoms with van der Waals surface area (Å²) in [4.78, 5) is 14.2. The van der Waals surface area contributed by atoms with E-state index in [4.69, 9.17) is 0 Å². The molecule has 0 saturated carbocycles. The van der Waals surface area contributed by atoms with Gasteiger partial charge in [0.2, 0.25) is 0 Å². The lowest BCUT2D eigenvalue weighted by Crippen LogP contribution is -2.42. The van der Waals surface area contributed by atoms with E-state index in [-0.39, 0.29) is 23.6 Å². The van der Waals surface area contributed by atoms with Gasteiger partial charge in [0.05, 0.1) is 12.1 Å². The Hall–Kier alpha value is -1.07. The van der Waals surface area contributed by atoms with E-state index in [0.717, 1.165) is 25.2 Å². The van der Waals surface area contributed by atoms with Crippen LogP contribution in [-0.4, -0.2) is 45.9 Å². The van der Waals surface area contributed by atoms with Crippen molar-refractivity contribution in [1.29, 1.82) is 0 Å². The van der Waals surface area contributed by atoms with Gasteiger partial charge in [0.15, 0.2) is 5.78 Å². The number of thioether (sulfide) groups is 1. The number of hydrogen-bond donors (Lipinski definition) is 1. The summed E-state index contributed by atoms with van der Waals surface area (Å²) in [6, 6.07) is 3.47. The monoisotopic (exact) mass is 283 g/mol. The number of carbonyl (C=O) groups is 1. The Kier molecular flexibility index (Phi) is 4.47. The van der Waals surface area contributed by atoms with Gasteiger partial charge < -0.3 is 5.11 Å². The van der Waals surface area contributed by atoms with Crippen molar-refractivity contribution in [3.63, 3.8) is 0 Å². The van der Waals surface area contributed by atoms with E-state index in [9.17, 15) is 14.3 Å². The molecule has 1 fully saturated rings. The fourth-order valence-corrected chi connectivity index (χ4v) is 3.82. The van der Waals surface area contributed by atoms with Gasteiger partial charge in [-0.1, -0.05) is 13.8 Å². The maximum atomic E-state index is 13.1. The molecule has 1 aromatic rings. The Morgan fingerprint density at radius 2 is 2.05 bits per heavy atom. The normalized spacial score (nSPS) is 24.4. The van der Waals surface area contributed by atoms with E-state index in [2.05, 4.69) is 18.7 Å². The van der Waals surface area contributed by atoms with Crippen LogP contribution in [0.1, 0.15) is 24.2 Å². The minimum atomic E-state index is -0.503. The average Bonchev–Trinajstić information content (AvgIpc) is 2.30. The molecule has 1 heterocycles. The average molecular weight is 283 g/mol. The molecule has 0 radical (unpaired) electrons. The number of benzene rings is 1. The Balaban J connectivity index is 2.06. The maximum absolute atomic E-state index is 13.1. The second-order valence-electron chi connectivity index (χ2n) is 5.04. The summed E-state index contributed by atoms with van der Waals surface area (Å²) in [5.41, 5.74) is 0.0681. The number of nitrogens with zero attached hydrogens (tertiary/aromatic N) is 1. The fourth-order valence-electron chi connectivity index (χ4n) is 2.43. The van der Waals surface area contributed by atoms with E-state index in [1.165, 1.54) is 6.07 Å². The lowest BCUT2D eigenvalue weighted by Gasteiger charge is -2.34. The predicted octanol–water partition coefficient (Wildman–Crippen LogP) is 2.54. The van der Waals surface area contributed by atoms with Gasteiger partial charge in [-0.2, -0.15) is 11.8 Å². The molecule has 1 aliphatic heterocycles. The first kappa shape index (κ1) is 14.3. The molecule has 1 aliphatic rings. The smallest absolute Gasteiger partial charge is 0.180 e. The first-order chi connectivity index (χ1) is 8.95. The Morgan fingerprint density at radius 3 is 2.68 bits per heavy atom. The minimum Gasteiger partial charge on any atom is -0.507 e. The predicted molar refractivity (Wildman–Crippen MR) is 75.4 cm³/mol. The van der Waals surface area contributed by atoms with Gasteiger partial charge in [0.25, 0.3) is 0 Å². The number of hydrogen-bond acceptors (Lipinski definition) is 4. The van der Waals surface area contributed by atoms with Crippen molar-refractivity contribution in [2.45, 2.75) is 24.3 Å². The van der Waals surface area contributed by atoms with E-state index in [1.54, 1.807) is 0 Å². The number of halogens is 1. The van der Waals surface area contributed by atoms with Crippen LogP contribution < -0.4 is 0 Å². The van der Waals surface area contributed by atoms with Crippen LogP contribution in [0.25, 0.3) is 0 Å². The van der Waals surface area contributed by atoms with Gasteiger partial charge in [0, 0.05) is 23.6 Å². The molecule has 0 spiro atoms. The number of aromatic hydroxyl groups is 1. The summed E-state index contributed by atoms with van der Waals surface area (Å²) in [7, 11) is 0. The Morgan fingerprint density at radius 1 is 1.42 bits per heavy atom. The molecule has 0 aliphatic carbocycles. The second-order valence-corrected chi connectivity index (χ2v) is 6.92. The molecule has 0 bridgehead atoms. The highest BCUT2D eigenvalue weighted by molar-refractivity contribution is 8.00. The number of Topliss-reactive ketones (excluding diaryl/α,β-unsaturated/α-hetero) is 1. The fraction of sp³-hybridized carbons (Fsp3) is 0.500. The summed E-state index contributed by atoms with van der Waals surface area (Å²) in [6.45, 7) is 6.19. The van der Waals surface area contributed by atoms with Crippen LogP contribution in [0.2, 0.25) is 0 Å². The molecular weight excluding hydrogens is 265 g/mol. The highest BCUT2D eigenvalue weighted by atomic mass is 32.2. The van der Waals surface area contributed by atoms with Gasteiger partial charge in [-0.15, -0.1) is 0 Å². The molecule has 19 heavy (non-hydrogen) atoms. The molecule has 0 amide bonds. The minimum absolute atomic E-state index is 0.0681. The summed E-state index contributed by atoms with van der Waals surface area (Å²) < 4.78 is 13.1. The zero-order chi connectivity index (χ0) is 14.0. The summed E-state index contributed by atoms with van der Waals surface area (Å²) >= 11 is 1.91. The van der Waals surface area contributed by atoms with Crippen LogP contribution in [0.3, 0.4) is 0 Å². The van der Waals surface area contributed by atoms with Gasteiger partial charge in [-0.3, -0.25) is 9.69 Å². The Labute approximate surface area is 116 Å². The molecule has 2 atom stereocenters. The van der Waals surface area contributed by atoms with Crippen molar-refractivity contribution in [3.05, 3.63) is 29.6 Å². The third-order valence-electron chi connectivity index (χ3n) is 3.12. The molecule has 0 aromatic heterocycles. The zero-order valence-corrected chi connectivity index (χ0v) is 11.9. The van der Waals surface area contributed by atoms with Crippen molar-refractivity contribution >= 4 is 17.5 Å². The Bertz CT molecular complexity index is 471. The summed E-state index contributed by atoms with van der Waals surface area (Å²) in [6.07, 6.45) is 0. The maximum Gasteiger partial charge on any atom is 0.180 e. The van der Waals surface area contributed by atoms with Crippen molar-refractivity contribution in [2.75, 3.05) is 19.6 Å². The quantitative estimate of drug-likeness (QED) is 0.866. The van der Waals surface area contributed by atoms with E-state index in [1.807, 2.05) is 11.8 Å². The number of carbonyl (C=O) groups excluding carboxylic acids is 1. The molecule has 5 heteroatoms. The van der Waals surface area contributed by atoms with Crippen LogP contribution >= 0.6 is 11.8 Å². The van der Waals surface area contributed by atoms with Crippen LogP contribution in [-0.2, 0) is 0 Å². The second kappa shape index (κ2) is 5.92. The van der Waals surface area contributed by atoms with Gasteiger partial charge in [-0.05, 0) is 18.2 Å². The topological polar surface area (TPSA) is 40.5 Å².